The van der Waals surface area contributed by atoms with Gasteiger partial charge in [0.25, 0.3) is 0 Å². The van der Waals surface area contributed by atoms with Crippen molar-refractivity contribution in [3.63, 3.8) is 0 Å². The highest BCUT2D eigenvalue weighted by Crippen LogP contribution is 2.38. The lowest BCUT2D eigenvalue weighted by Gasteiger charge is -2.36. The zero-order chi connectivity index (χ0) is 22.3. The van der Waals surface area contributed by atoms with Gasteiger partial charge in [0.15, 0.2) is 0 Å². The largest absolute Gasteiger partial charge is 0.476 e. The second kappa shape index (κ2) is 10.4. The number of hydrogen-bond acceptors (Lipinski definition) is 3. The molecule has 2 aromatic carbocycles. The van der Waals surface area contributed by atoms with Gasteiger partial charge in [-0.3, -0.25) is 4.79 Å². The van der Waals surface area contributed by atoms with Crippen molar-refractivity contribution in [1.82, 2.24) is 9.88 Å². The number of pyridine rings is 1. The number of fused-ring (bicyclic) bond motifs is 1. The molecule has 4 heteroatoms. The van der Waals surface area contributed by atoms with Crippen LogP contribution < -0.4 is 4.74 Å². The summed E-state index contributed by atoms with van der Waals surface area (Å²) in [5.41, 5.74) is 3.88. The van der Waals surface area contributed by atoms with Crippen molar-refractivity contribution in [3.8, 4) is 5.88 Å². The van der Waals surface area contributed by atoms with Crippen LogP contribution in [0.3, 0.4) is 0 Å². The van der Waals surface area contributed by atoms with E-state index < -0.39 is 0 Å². The van der Waals surface area contributed by atoms with Crippen molar-refractivity contribution in [2.75, 3.05) is 13.2 Å². The zero-order valence-corrected chi connectivity index (χ0v) is 19.0. The highest BCUT2D eigenvalue weighted by molar-refractivity contribution is 5.84. The van der Waals surface area contributed by atoms with Crippen LogP contribution in [0.15, 0.2) is 79.0 Å². The summed E-state index contributed by atoms with van der Waals surface area (Å²) < 4.78 is 5.88. The molecule has 0 N–H and O–H groups in total. The molecule has 1 amide bonds. The van der Waals surface area contributed by atoms with Crippen LogP contribution in [0.25, 0.3) is 0 Å². The Balaban J connectivity index is 1.56. The first-order chi connectivity index (χ1) is 15.7. The fraction of sp³-hybridized carbons (Fsp3) is 0.357. The van der Waals surface area contributed by atoms with Gasteiger partial charge in [0.1, 0.15) is 6.61 Å². The number of benzene rings is 2. The quantitative estimate of drug-likeness (QED) is 0.445. The molecule has 3 unspecified atom stereocenters. The number of amides is 1. The van der Waals surface area contributed by atoms with Crippen molar-refractivity contribution in [3.05, 3.63) is 95.7 Å². The molecule has 1 aliphatic carbocycles. The zero-order valence-electron chi connectivity index (χ0n) is 19.0. The Kier molecular flexibility index (Phi) is 7.21. The van der Waals surface area contributed by atoms with Gasteiger partial charge < -0.3 is 9.64 Å². The van der Waals surface area contributed by atoms with Crippen molar-refractivity contribution in [2.24, 2.45) is 0 Å². The molecule has 3 atom stereocenters. The van der Waals surface area contributed by atoms with Gasteiger partial charge in [0.2, 0.25) is 11.8 Å². The first kappa shape index (κ1) is 22.1. The minimum Gasteiger partial charge on any atom is -0.476 e. The van der Waals surface area contributed by atoms with E-state index in [1.807, 2.05) is 36.4 Å². The topological polar surface area (TPSA) is 42.4 Å². The maximum atomic E-state index is 13.9. The Bertz CT molecular complexity index is 1010. The molecule has 0 aliphatic heterocycles. The van der Waals surface area contributed by atoms with Crippen molar-refractivity contribution in [1.29, 1.82) is 0 Å². The van der Waals surface area contributed by atoms with E-state index in [4.69, 9.17) is 4.74 Å². The molecule has 3 aromatic rings. The molecule has 32 heavy (non-hydrogen) atoms. The lowest BCUT2D eigenvalue weighted by molar-refractivity contribution is -0.136. The fourth-order valence-corrected chi connectivity index (χ4v) is 4.94. The van der Waals surface area contributed by atoms with Crippen molar-refractivity contribution < 1.29 is 9.53 Å². The third kappa shape index (κ3) is 4.85. The Morgan fingerprint density at radius 3 is 2.56 bits per heavy atom. The highest BCUT2D eigenvalue weighted by Gasteiger charge is 2.35. The number of aryl methyl sites for hydroxylation is 1. The molecule has 1 aliphatic rings. The number of hydrogen-bond donors (Lipinski definition) is 0. The normalized spacial score (nSPS) is 16.8. The Hall–Kier alpha value is -3.14. The monoisotopic (exact) mass is 428 g/mol. The molecule has 1 aromatic heterocycles. The number of aromatic nitrogens is 1. The fourth-order valence-electron chi connectivity index (χ4n) is 4.94. The third-order valence-corrected chi connectivity index (χ3v) is 6.66. The Morgan fingerprint density at radius 1 is 1.06 bits per heavy atom. The molecule has 0 saturated carbocycles. The van der Waals surface area contributed by atoms with E-state index in [9.17, 15) is 4.79 Å². The van der Waals surface area contributed by atoms with Gasteiger partial charge in [-0.1, -0.05) is 67.6 Å². The molecule has 0 radical (unpaired) electrons. The van der Waals surface area contributed by atoms with Crippen LogP contribution in [0, 0.1) is 0 Å². The summed E-state index contributed by atoms with van der Waals surface area (Å²) in [6, 6.07) is 24.5. The van der Waals surface area contributed by atoms with E-state index in [2.05, 4.69) is 60.1 Å². The van der Waals surface area contributed by atoms with Crippen LogP contribution in [-0.4, -0.2) is 35.0 Å². The Labute approximate surface area is 191 Å². The highest BCUT2D eigenvalue weighted by atomic mass is 16.5. The number of nitrogens with zero attached hydrogens (tertiary/aromatic N) is 2. The van der Waals surface area contributed by atoms with E-state index in [-0.39, 0.29) is 17.9 Å². The van der Waals surface area contributed by atoms with Crippen molar-refractivity contribution >= 4 is 5.91 Å². The minimum absolute atomic E-state index is 0.0937. The van der Waals surface area contributed by atoms with Gasteiger partial charge in [-0.2, -0.15) is 0 Å². The van der Waals surface area contributed by atoms with E-state index in [0.29, 0.717) is 24.9 Å². The van der Waals surface area contributed by atoms with Gasteiger partial charge >= 0.3 is 0 Å². The van der Waals surface area contributed by atoms with E-state index in [0.717, 1.165) is 24.8 Å². The number of carbonyl (C=O) groups excluding carboxylic acids is 1. The van der Waals surface area contributed by atoms with Crippen LogP contribution in [0.4, 0.5) is 0 Å². The van der Waals surface area contributed by atoms with Crippen LogP contribution in [0.1, 0.15) is 55.2 Å². The molecule has 0 bridgehead atoms. The standard InChI is InChI=1S/C28H32N2O2/c1-3-24(22-11-5-4-6-12-22)28(31)30(19-20-32-27-15-9-10-18-29-27)21(2)25-17-16-23-13-7-8-14-26(23)25/h4-15,18,21,24-25H,3,16-17,19-20H2,1-2H3. The Morgan fingerprint density at radius 2 is 1.81 bits per heavy atom. The number of ether oxygens (including phenoxy) is 1. The average molecular weight is 429 g/mol. The lowest BCUT2D eigenvalue weighted by Crippen LogP contribution is -2.46. The molecular weight excluding hydrogens is 396 g/mol. The maximum absolute atomic E-state index is 13.9. The van der Waals surface area contributed by atoms with Crippen LogP contribution in [0.5, 0.6) is 5.88 Å². The summed E-state index contributed by atoms with van der Waals surface area (Å²) in [5.74, 6) is 0.970. The molecule has 0 spiro atoms. The van der Waals surface area contributed by atoms with Gasteiger partial charge in [0, 0.05) is 24.2 Å². The first-order valence-electron chi connectivity index (χ1n) is 11.7. The third-order valence-electron chi connectivity index (χ3n) is 6.66. The second-order valence-corrected chi connectivity index (χ2v) is 8.50. The SMILES string of the molecule is CCC(C(=O)N(CCOc1ccccn1)C(C)C1CCc2ccccc21)c1ccccc1. The van der Waals surface area contributed by atoms with Crippen LogP contribution >= 0.6 is 0 Å². The van der Waals surface area contributed by atoms with Crippen LogP contribution in [0.2, 0.25) is 0 Å². The smallest absolute Gasteiger partial charge is 0.230 e. The summed E-state index contributed by atoms with van der Waals surface area (Å²) in [6.07, 6.45) is 4.65. The second-order valence-electron chi connectivity index (χ2n) is 8.50. The van der Waals surface area contributed by atoms with E-state index in [1.165, 1.54) is 11.1 Å². The van der Waals surface area contributed by atoms with E-state index in [1.54, 1.807) is 6.20 Å². The summed E-state index contributed by atoms with van der Waals surface area (Å²) in [7, 11) is 0. The molecule has 4 rings (SSSR count). The number of rotatable bonds is 9. The minimum atomic E-state index is -0.148. The molecule has 1 heterocycles. The molecule has 4 nitrogen and oxygen atoms in total. The van der Waals surface area contributed by atoms with Gasteiger partial charge in [-0.15, -0.1) is 0 Å². The van der Waals surface area contributed by atoms with Crippen molar-refractivity contribution in [2.45, 2.75) is 51.0 Å². The lowest BCUT2D eigenvalue weighted by atomic mass is 9.90. The molecular formula is C28H32N2O2. The maximum Gasteiger partial charge on any atom is 0.230 e. The summed E-state index contributed by atoms with van der Waals surface area (Å²) >= 11 is 0. The summed E-state index contributed by atoms with van der Waals surface area (Å²) in [6.45, 7) is 5.25. The van der Waals surface area contributed by atoms with Crippen LogP contribution in [-0.2, 0) is 11.2 Å². The summed E-state index contributed by atoms with van der Waals surface area (Å²) in [4.78, 5) is 20.2. The van der Waals surface area contributed by atoms with Gasteiger partial charge in [-0.05, 0) is 48.9 Å². The van der Waals surface area contributed by atoms with E-state index >= 15 is 0 Å². The average Bonchev–Trinajstić information content (AvgIpc) is 3.27. The van der Waals surface area contributed by atoms with Gasteiger partial charge in [0.05, 0.1) is 12.5 Å². The van der Waals surface area contributed by atoms with Gasteiger partial charge in [-0.25, -0.2) is 4.98 Å². The predicted octanol–water partition coefficient (Wildman–Crippen LogP) is 5.60. The molecule has 0 fully saturated rings. The molecule has 0 saturated heterocycles. The predicted molar refractivity (Wildman–Crippen MR) is 128 cm³/mol. The molecule has 166 valence electrons. The summed E-state index contributed by atoms with van der Waals surface area (Å²) in [5, 5.41) is 0. The number of carbonyl (C=O) groups is 1. The first-order valence-corrected chi connectivity index (χ1v) is 11.7.